The molecule has 15 heteroatoms. The Morgan fingerprint density at radius 3 is 2.41 bits per heavy atom. The van der Waals surface area contributed by atoms with Gasteiger partial charge in [0.1, 0.15) is 23.9 Å². The maximum Gasteiger partial charge on any atom is 0.324 e. The minimum Gasteiger partial charge on any atom is -0.508 e. The molecule has 2 aliphatic rings. The number of phenolic OH excluding ortho intramolecular Hbond substituents is 1. The highest BCUT2D eigenvalue weighted by Crippen LogP contribution is 2.41. The third-order valence-electron chi connectivity index (χ3n) is 13.9. The lowest BCUT2D eigenvalue weighted by Gasteiger charge is -2.36. The number of amides is 4. The summed E-state index contributed by atoms with van der Waals surface area (Å²) in [5, 5.41) is 16.8. The molecule has 6 bridgehead atoms. The van der Waals surface area contributed by atoms with E-state index in [0.29, 0.717) is 55.8 Å². The zero-order valence-corrected chi connectivity index (χ0v) is 44.2. The number of carbonyl (C=O) groups is 5. The summed E-state index contributed by atoms with van der Waals surface area (Å²) >= 11 is 0. The highest BCUT2D eigenvalue weighted by molar-refractivity contribution is 6.02. The highest BCUT2D eigenvalue weighted by Gasteiger charge is 2.38. The predicted molar refractivity (Wildman–Crippen MR) is 286 cm³/mol. The summed E-state index contributed by atoms with van der Waals surface area (Å²) in [4.78, 5) is 75.3. The second kappa shape index (κ2) is 23.4. The maximum absolute atomic E-state index is 14.8. The van der Waals surface area contributed by atoms with E-state index in [1.807, 2.05) is 45.0 Å². The molecule has 0 radical (unpaired) electrons. The van der Waals surface area contributed by atoms with Crippen molar-refractivity contribution in [1.29, 1.82) is 0 Å². The summed E-state index contributed by atoms with van der Waals surface area (Å²) in [5.74, 6) is -2.54. The number of hydrazine groups is 1. The Hall–Kier alpha value is -6.81. The molecule has 7 rings (SSSR count). The summed E-state index contributed by atoms with van der Waals surface area (Å²) in [5.41, 5.74) is 11.2. The summed E-state index contributed by atoms with van der Waals surface area (Å²) < 4.78 is 14.0. The van der Waals surface area contributed by atoms with Crippen LogP contribution in [0, 0.1) is 11.3 Å². The Balaban J connectivity index is 1.25. The van der Waals surface area contributed by atoms with Crippen molar-refractivity contribution in [2.45, 2.75) is 91.4 Å². The molecular formula is C58H73N7O8. The van der Waals surface area contributed by atoms with Gasteiger partial charge in [-0.25, -0.2) is 5.43 Å². The quantitative estimate of drug-likeness (QED) is 0.0754. The van der Waals surface area contributed by atoms with Gasteiger partial charge < -0.3 is 39.2 Å². The average molecular weight is 996 g/mol. The fourth-order valence-corrected chi connectivity index (χ4v) is 10.1. The highest BCUT2D eigenvalue weighted by atomic mass is 16.5. The largest absolute Gasteiger partial charge is 0.508 e. The normalized spacial score (nSPS) is 17.7. The van der Waals surface area contributed by atoms with Crippen LogP contribution >= 0.6 is 0 Å². The van der Waals surface area contributed by atoms with Crippen molar-refractivity contribution in [2.24, 2.45) is 11.3 Å². The zero-order valence-electron chi connectivity index (χ0n) is 44.2. The van der Waals surface area contributed by atoms with E-state index in [1.54, 1.807) is 63.7 Å². The molecule has 3 heterocycles. The molecule has 5 aromatic rings. The number of aromatic nitrogens is 1. The van der Waals surface area contributed by atoms with Crippen molar-refractivity contribution in [2.75, 3.05) is 66.5 Å². The number of aromatic hydroxyl groups is 1. The van der Waals surface area contributed by atoms with Crippen LogP contribution in [0.25, 0.3) is 33.3 Å². The van der Waals surface area contributed by atoms with Gasteiger partial charge in [-0.3, -0.25) is 29.0 Å². The molecule has 0 saturated carbocycles. The molecule has 73 heavy (non-hydrogen) atoms. The molecule has 0 spiro atoms. The topological polar surface area (TPSA) is 166 Å². The number of nitrogens with zero attached hydrogens (tertiary/aromatic N) is 5. The lowest BCUT2D eigenvalue weighted by Crippen LogP contribution is -2.62. The number of methoxy groups -OCH3 is 1. The number of cyclic esters (lactones) is 1. The number of phenols is 1. The van der Waals surface area contributed by atoms with Gasteiger partial charge in [0, 0.05) is 86.5 Å². The molecule has 4 amide bonds. The molecule has 15 nitrogen and oxygen atoms in total. The van der Waals surface area contributed by atoms with E-state index in [0.717, 1.165) is 50.8 Å². The number of hydrogen-bond acceptors (Lipinski definition) is 10. The van der Waals surface area contributed by atoms with Crippen molar-refractivity contribution < 1.29 is 38.6 Å². The van der Waals surface area contributed by atoms with Crippen LogP contribution in [0.2, 0.25) is 0 Å². The Labute approximate surface area is 430 Å². The Bertz CT molecular complexity index is 2850. The minimum atomic E-state index is -1.18. The number of fused-ring (bicyclic) bond motifs is 6. The molecule has 4 aromatic carbocycles. The zero-order chi connectivity index (χ0) is 52.7. The summed E-state index contributed by atoms with van der Waals surface area (Å²) in [6, 6.07) is 23.6. The monoisotopic (exact) mass is 996 g/mol. The summed E-state index contributed by atoms with van der Waals surface area (Å²) in [6.45, 7) is 12.3. The van der Waals surface area contributed by atoms with Crippen LogP contribution in [0.5, 0.6) is 5.75 Å². The van der Waals surface area contributed by atoms with Gasteiger partial charge in [0.15, 0.2) is 0 Å². The molecular weight excluding hydrogens is 923 g/mol. The van der Waals surface area contributed by atoms with Crippen LogP contribution in [-0.4, -0.2) is 134 Å². The maximum atomic E-state index is 14.8. The number of nitrogens with one attached hydrogen (secondary N) is 2. The first-order valence-corrected chi connectivity index (χ1v) is 25.4. The molecule has 3 N–H and O–H groups in total. The van der Waals surface area contributed by atoms with Crippen LogP contribution in [-0.2, 0) is 54.5 Å². The second-order valence-electron chi connectivity index (χ2n) is 20.8. The van der Waals surface area contributed by atoms with Gasteiger partial charge in [-0.1, -0.05) is 70.2 Å². The number of carbonyl (C=O) groups excluding carboxylic acids is 5. The summed E-state index contributed by atoms with van der Waals surface area (Å²) in [6.07, 6.45) is 5.52. The Morgan fingerprint density at radius 1 is 0.973 bits per heavy atom. The van der Waals surface area contributed by atoms with E-state index < -0.39 is 47.2 Å². The number of rotatable bonds is 14. The molecule has 1 fully saturated rings. The van der Waals surface area contributed by atoms with Crippen LogP contribution in [0.15, 0.2) is 97.1 Å². The first kappa shape index (κ1) is 54.0. The minimum absolute atomic E-state index is 0.00793. The third kappa shape index (κ3) is 12.5. The predicted octanol–water partition coefficient (Wildman–Crippen LogP) is 7.42. The molecule has 1 unspecified atom stereocenters. The van der Waals surface area contributed by atoms with Crippen molar-refractivity contribution >= 4 is 46.2 Å². The van der Waals surface area contributed by atoms with Crippen LogP contribution in [0.3, 0.4) is 0 Å². The van der Waals surface area contributed by atoms with Gasteiger partial charge in [0.05, 0.1) is 18.9 Å². The fourth-order valence-electron chi connectivity index (χ4n) is 10.1. The Morgan fingerprint density at radius 2 is 1.71 bits per heavy atom. The molecule has 2 aliphatic heterocycles. The van der Waals surface area contributed by atoms with Gasteiger partial charge in [0.2, 0.25) is 11.8 Å². The van der Waals surface area contributed by atoms with E-state index in [2.05, 4.69) is 72.5 Å². The standard InChI is InChI=1S/C58H73N7O8/c1-11-64-50-25-22-41-34-46(50)47(53(64)45-17-13-12-16-39(45)26-29-72-10)35-58(4,5)36-73-57(71)48-18-14-28-65(60-48)56(70)49(32-38-30-42(41)33-44(66)31-38)59-54(68)52(37(2)3)63(9)55(69)40-20-23-43(24-21-40)62(8)51(67)19-15-27-61(6)7/h12-13,15-17,19-25,30-31,33-34,37,48-49,52,60,66H,11,14,18,26-29,32,35-36H2,1-10H3,(H,59,68)/b19-15+/t48-,49-,52?/m0/s1. The molecule has 1 aromatic heterocycles. The van der Waals surface area contributed by atoms with E-state index in [9.17, 15) is 29.1 Å². The van der Waals surface area contributed by atoms with Gasteiger partial charge in [-0.05, 0) is 129 Å². The Kier molecular flexibility index (Phi) is 17.3. The van der Waals surface area contributed by atoms with Crippen molar-refractivity contribution in [1.82, 2.24) is 30.1 Å². The molecule has 0 aliphatic carbocycles. The van der Waals surface area contributed by atoms with Crippen LogP contribution < -0.4 is 15.6 Å². The lowest BCUT2D eigenvalue weighted by molar-refractivity contribution is -0.155. The second-order valence-corrected chi connectivity index (χ2v) is 20.8. The summed E-state index contributed by atoms with van der Waals surface area (Å²) in [7, 11) is 8.75. The van der Waals surface area contributed by atoms with E-state index >= 15 is 0 Å². The van der Waals surface area contributed by atoms with Gasteiger partial charge in [-0.15, -0.1) is 0 Å². The first-order valence-electron chi connectivity index (χ1n) is 25.4. The van der Waals surface area contributed by atoms with Crippen LogP contribution in [0.4, 0.5) is 5.69 Å². The molecule has 388 valence electrons. The number of aryl methyl sites for hydroxylation is 1. The molecule has 3 atom stereocenters. The van der Waals surface area contributed by atoms with E-state index in [-0.39, 0.29) is 37.1 Å². The first-order chi connectivity index (χ1) is 34.8. The van der Waals surface area contributed by atoms with E-state index in [1.165, 1.54) is 20.9 Å². The van der Waals surface area contributed by atoms with Gasteiger partial charge in [-0.2, -0.15) is 0 Å². The van der Waals surface area contributed by atoms with Crippen molar-refractivity contribution in [3.63, 3.8) is 0 Å². The van der Waals surface area contributed by atoms with Crippen molar-refractivity contribution in [3.05, 3.63) is 119 Å². The number of benzene rings is 4. The molecule has 1 saturated heterocycles. The number of anilines is 1. The number of ether oxygens (including phenoxy) is 2. The lowest BCUT2D eigenvalue weighted by atomic mass is 9.83. The number of esters is 1. The van der Waals surface area contributed by atoms with Gasteiger partial charge in [0.25, 0.3) is 11.8 Å². The van der Waals surface area contributed by atoms with Gasteiger partial charge >= 0.3 is 5.97 Å². The number of hydrogen-bond donors (Lipinski definition) is 3. The van der Waals surface area contributed by atoms with Crippen molar-refractivity contribution in [3.8, 4) is 28.1 Å². The third-order valence-corrected chi connectivity index (χ3v) is 13.9. The smallest absolute Gasteiger partial charge is 0.324 e. The average Bonchev–Trinajstić information content (AvgIpc) is 3.67. The SMILES string of the molecule is CCn1c(-c2ccccc2CCOC)c2c3cc(ccc31)-c1cc(O)cc(c1)C[C@H](NC(=O)C(C(C)C)N(C)C(=O)c1ccc(N(C)C(=O)/C=C/CN(C)C)cc1)C(=O)N1CCC[C@H](N1)C(=O)OCC(C)(C)C2. The fraction of sp³-hybridized carbons (Fsp3) is 0.431. The number of likely N-dealkylation sites (N-methyl/N-ethyl adjacent to an activating group) is 3. The van der Waals surface area contributed by atoms with E-state index in [4.69, 9.17) is 9.47 Å². The van der Waals surface area contributed by atoms with Crippen LogP contribution in [0.1, 0.15) is 74.5 Å².